The Kier molecular flexibility index (Phi) is 4.50. The fourth-order valence-electron chi connectivity index (χ4n) is 2.31. The van der Waals surface area contributed by atoms with Crippen LogP contribution >= 0.6 is 0 Å². The molecule has 0 radical (unpaired) electrons. The number of rotatable bonds is 3. The van der Waals surface area contributed by atoms with Gasteiger partial charge in [-0.1, -0.05) is 6.07 Å². The number of aromatic nitrogens is 1. The monoisotopic (exact) mass is 356 g/mol. The molecule has 0 saturated carbocycles. The van der Waals surface area contributed by atoms with Crippen LogP contribution in [0, 0.1) is 11.3 Å². The van der Waals surface area contributed by atoms with E-state index >= 15 is 0 Å². The molecule has 130 valence electrons. The van der Waals surface area contributed by atoms with Crippen LogP contribution in [-0.2, 0) is 6.18 Å². The molecule has 0 bridgehead atoms. The van der Waals surface area contributed by atoms with Crippen LogP contribution in [0.3, 0.4) is 0 Å². The minimum Gasteiger partial charge on any atom is -0.507 e. The molecule has 4 nitrogen and oxygen atoms in total. The van der Waals surface area contributed by atoms with Gasteiger partial charge in [-0.05, 0) is 54.1 Å². The first-order valence-corrected chi connectivity index (χ1v) is 7.42. The lowest BCUT2D eigenvalue weighted by atomic mass is 10.0. The molecule has 7 heteroatoms. The summed E-state index contributed by atoms with van der Waals surface area (Å²) < 4.78 is 43.5. The van der Waals surface area contributed by atoms with Gasteiger partial charge in [0.15, 0.2) is 0 Å². The van der Waals surface area contributed by atoms with Crippen molar-refractivity contribution in [2.45, 2.75) is 6.18 Å². The van der Waals surface area contributed by atoms with Crippen molar-refractivity contribution < 1.29 is 23.0 Å². The van der Waals surface area contributed by atoms with Crippen molar-refractivity contribution in [2.75, 3.05) is 0 Å². The second-order valence-electron chi connectivity index (χ2n) is 5.32. The van der Waals surface area contributed by atoms with Gasteiger partial charge in [-0.25, -0.2) is 4.98 Å². The third-order valence-corrected chi connectivity index (χ3v) is 3.60. The van der Waals surface area contributed by atoms with E-state index in [0.29, 0.717) is 11.1 Å². The van der Waals surface area contributed by atoms with Gasteiger partial charge in [0.2, 0.25) is 5.88 Å². The molecule has 0 atom stereocenters. The number of nitrogens with zero attached hydrogens (tertiary/aromatic N) is 2. The SMILES string of the molecule is N#Cc1cc(-c2cccnc2Oc2ccc(C(F)(F)F)cc2)ccc1O. The van der Waals surface area contributed by atoms with Gasteiger partial charge >= 0.3 is 6.18 Å². The molecule has 3 aromatic rings. The number of aromatic hydroxyl groups is 1. The molecule has 0 unspecified atom stereocenters. The number of benzene rings is 2. The highest BCUT2D eigenvalue weighted by molar-refractivity contribution is 5.71. The quantitative estimate of drug-likeness (QED) is 0.706. The van der Waals surface area contributed by atoms with Crippen molar-refractivity contribution in [3.05, 3.63) is 71.9 Å². The Morgan fingerprint density at radius 3 is 2.42 bits per heavy atom. The number of hydrogen-bond acceptors (Lipinski definition) is 4. The maximum absolute atomic E-state index is 12.6. The molecule has 0 amide bonds. The Morgan fingerprint density at radius 1 is 1.04 bits per heavy atom. The van der Waals surface area contributed by atoms with Crippen LogP contribution in [0.1, 0.15) is 11.1 Å². The molecule has 0 saturated heterocycles. The molecule has 1 aromatic heterocycles. The molecule has 3 rings (SSSR count). The second kappa shape index (κ2) is 6.76. The highest BCUT2D eigenvalue weighted by atomic mass is 19.4. The summed E-state index contributed by atoms with van der Waals surface area (Å²) in [5.41, 5.74) is 0.424. The van der Waals surface area contributed by atoms with Gasteiger partial charge in [0.1, 0.15) is 17.6 Å². The lowest BCUT2D eigenvalue weighted by Gasteiger charge is -2.12. The first-order chi connectivity index (χ1) is 12.4. The maximum Gasteiger partial charge on any atom is 0.416 e. The molecule has 1 heterocycles. The zero-order chi connectivity index (χ0) is 18.7. The second-order valence-corrected chi connectivity index (χ2v) is 5.32. The highest BCUT2D eigenvalue weighted by Gasteiger charge is 2.30. The summed E-state index contributed by atoms with van der Waals surface area (Å²) >= 11 is 0. The lowest BCUT2D eigenvalue weighted by Crippen LogP contribution is -2.04. The number of ether oxygens (including phenoxy) is 1. The predicted octanol–water partition coefficient (Wildman–Crippen LogP) is 5.14. The van der Waals surface area contributed by atoms with Gasteiger partial charge < -0.3 is 9.84 Å². The number of halogens is 3. The standard InChI is InChI=1S/C19H11F3N2O2/c20-19(21,22)14-4-6-15(7-5-14)26-18-16(2-1-9-24-18)12-3-8-17(25)13(10-12)11-23/h1-10,25H. The van der Waals surface area contributed by atoms with Crippen molar-refractivity contribution in [3.63, 3.8) is 0 Å². The fraction of sp³-hybridized carbons (Fsp3) is 0.0526. The number of nitriles is 1. The fourth-order valence-corrected chi connectivity index (χ4v) is 2.31. The van der Waals surface area contributed by atoms with Crippen LogP contribution < -0.4 is 4.74 Å². The van der Waals surface area contributed by atoms with Crippen molar-refractivity contribution in [1.82, 2.24) is 4.98 Å². The smallest absolute Gasteiger partial charge is 0.416 e. The summed E-state index contributed by atoms with van der Waals surface area (Å²) in [7, 11) is 0. The summed E-state index contributed by atoms with van der Waals surface area (Å²) in [5, 5.41) is 18.7. The summed E-state index contributed by atoms with van der Waals surface area (Å²) in [6.07, 6.45) is -2.94. The summed E-state index contributed by atoms with van der Waals surface area (Å²) in [6, 6.07) is 13.9. The van der Waals surface area contributed by atoms with Crippen LogP contribution in [0.5, 0.6) is 17.4 Å². The lowest BCUT2D eigenvalue weighted by molar-refractivity contribution is -0.137. The van der Waals surface area contributed by atoms with Gasteiger partial charge in [-0.2, -0.15) is 18.4 Å². The minimum absolute atomic E-state index is 0.0897. The number of phenols is 1. The van der Waals surface area contributed by atoms with Crippen LogP contribution in [0.15, 0.2) is 60.8 Å². The van der Waals surface area contributed by atoms with E-state index in [9.17, 15) is 18.3 Å². The molecule has 0 aliphatic heterocycles. The zero-order valence-corrected chi connectivity index (χ0v) is 13.2. The Bertz CT molecular complexity index is 977. The van der Waals surface area contributed by atoms with Crippen molar-refractivity contribution >= 4 is 0 Å². The maximum atomic E-state index is 12.6. The van der Waals surface area contributed by atoms with Gasteiger partial charge in [0.25, 0.3) is 0 Å². The van der Waals surface area contributed by atoms with Crippen molar-refractivity contribution in [2.24, 2.45) is 0 Å². The predicted molar refractivity (Wildman–Crippen MR) is 87.6 cm³/mol. The van der Waals surface area contributed by atoms with Gasteiger partial charge in [-0.3, -0.25) is 0 Å². The number of hydrogen-bond donors (Lipinski definition) is 1. The van der Waals surface area contributed by atoms with E-state index < -0.39 is 11.7 Å². The molecule has 1 N–H and O–H groups in total. The number of alkyl halides is 3. The topological polar surface area (TPSA) is 66.1 Å². The van der Waals surface area contributed by atoms with E-state index in [1.807, 2.05) is 6.07 Å². The van der Waals surface area contributed by atoms with Crippen LogP contribution in [0.4, 0.5) is 13.2 Å². The third kappa shape index (κ3) is 3.59. The number of pyridine rings is 1. The Hall–Kier alpha value is -3.53. The van der Waals surface area contributed by atoms with Crippen LogP contribution in [0.2, 0.25) is 0 Å². The molecular formula is C19H11F3N2O2. The van der Waals surface area contributed by atoms with Gasteiger partial charge in [0, 0.05) is 11.8 Å². The van der Waals surface area contributed by atoms with E-state index in [0.717, 1.165) is 12.1 Å². The van der Waals surface area contributed by atoms with E-state index in [1.165, 1.54) is 30.5 Å². The van der Waals surface area contributed by atoms with E-state index in [1.54, 1.807) is 18.2 Å². The Morgan fingerprint density at radius 2 is 1.77 bits per heavy atom. The largest absolute Gasteiger partial charge is 0.507 e. The van der Waals surface area contributed by atoms with Gasteiger partial charge in [0.05, 0.1) is 11.1 Å². The van der Waals surface area contributed by atoms with Crippen LogP contribution in [0.25, 0.3) is 11.1 Å². The molecule has 2 aromatic carbocycles. The van der Waals surface area contributed by atoms with E-state index in [4.69, 9.17) is 10.00 Å². The highest BCUT2D eigenvalue weighted by Crippen LogP contribution is 2.35. The van der Waals surface area contributed by atoms with Crippen molar-refractivity contribution in [3.8, 4) is 34.6 Å². The molecule has 0 aliphatic rings. The zero-order valence-electron chi connectivity index (χ0n) is 13.2. The average molecular weight is 356 g/mol. The first kappa shape index (κ1) is 17.3. The summed E-state index contributed by atoms with van der Waals surface area (Å²) in [5.74, 6) is 0.212. The molecule has 0 spiro atoms. The van der Waals surface area contributed by atoms with E-state index in [2.05, 4.69) is 4.98 Å². The molecule has 26 heavy (non-hydrogen) atoms. The number of phenolic OH excluding ortho intramolecular Hbond substituents is 1. The Balaban J connectivity index is 1.94. The molecule has 0 aliphatic carbocycles. The van der Waals surface area contributed by atoms with E-state index in [-0.39, 0.29) is 22.9 Å². The summed E-state index contributed by atoms with van der Waals surface area (Å²) in [4.78, 5) is 4.11. The van der Waals surface area contributed by atoms with Gasteiger partial charge in [-0.15, -0.1) is 0 Å². The molecule has 0 fully saturated rings. The third-order valence-electron chi connectivity index (χ3n) is 3.60. The molecular weight excluding hydrogens is 345 g/mol. The van der Waals surface area contributed by atoms with Crippen molar-refractivity contribution in [1.29, 1.82) is 5.26 Å². The average Bonchev–Trinajstić information content (AvgIpc) is 2.62. The van der Waals surface area contributed by atoms with Crippen LogP contribution in [-0.4, -0.2) is 10.1 Å². The minimum atomic E-state index is -4.42. The first-order valence-electron chi connectivity index (χ1n) is 7.42. The summed E-state index contributed by atoms with van der Waals surface area (Å²) in [6.45, 7) is 0. The Labute approximate surface area is 146 Å². The normalized spacial score (nSPS) is 11.0.